The van der Waals surface area contributed by atoms with Crippen LogP contribution in [0.4, 0.5) is 0 Å². The van der Waals surface area contributed by atoms with Crippen LogP contribution in [-0.4, -0.2) is 54.0 Å². The quantitative estimate of drug-likeness (QED) is 0.611. The van der Waals surface area contributed by atoms with Gasteiger partial charge in [0.1, 0.15) is 10.9 Å². The van der Waals surface area contributed by atoms with Crippen molar-refractivity contribution in [2.45, 2.75) is 50.7 Å². The first-order chi connectivity index (χ1) is 15.5. The molecule has 3 rings (SSSR count). The van der Waals surface area contributed by atoms with E-state index in [1.165, 1.54) is 17.0 Å². The number of rotatable bonds is 8. The minimum absolute atomic E-state index is 0.0667. The molecule has 1 N–H and O–H groups in total. The Kier molecular flexibility index (Phi) is 7.44. The van der Waals surface area contributed by atoms with E-state index in [1.807, 2.05) is 13.8 Å². The Labute approximate surface area is 198 Å². The van der Waals surface area contributed by atoms with Crippen molar-refractivity contribution in [3.05, 3.63) is 64.7 Å². The molecule has 1 aliphatic heterocycles. The molecule has 2 aromatic rings. The van der Waals surface area contributed by atoms with E-state index in [2.05, 4.69) is 5.32 Å². The summed E-state index contributed by atoms with van der Waals surface area (Å²) in [6.07, 6.45) is -0.265. The normalized spacial score (nSPS) is 15.3. The van der Waals surface area contributed by atoms with Crippen LogP contribution in [0.15, 0.2) is 53.4 Å². The number of carbonyl (C=O) groups is 3. The van der Waals surface area contributed by atoms with Crippen molar-refractivity contribution in [3.63, 3.8) is 0 Å². The molecule has 0 fully saturated rings. The van der Waals surface area contributed by atoms with E-state index in [0.717, 1.165) is 5.56 Å². The van der Waals surface area contributed by atoms with Crippen LogP contribution in [0, 0.1) is 0 Å². The van der Waals surface area contributed by atoms with E-state index >= 15 is 0 Å². The molecule has 0 spiro atoms. The summed E-state index contributed by atoms with van der Waals surface area (Å²) in [5.41, 5.74) is 0.808. The molecule has 8 nitrogen and oxygen atoms in total. The Hall–Kier alpha value is -2.91. The predicted octanol–water partition coefficient (Wildman–Crippen LogP) is 2.82. The molecular weight excluding hydrogens is 466 g/mol. The number of hydrogen-bond donors (Lipinski definition) is 1. The lowest BCUT2D eigenvalue weighted by Gasteiger charge is -2.30. The molecule has 0 aromatic heterocycles. The third-order valence-corrected chi connectivity index (χ3v) is 7.36. The van der Waals surface area contributed by atoms with Crippen molar-refractivity contribution in [3.8, 4) is 0 Å². The zero-order valence-electron chi connectivity index (χ0n) is 18.6. The number of halogens is 1. The van der Waals surface area contributed by atoms with Crippen molar-refractivity contribution >= 4 is 39.3 Å². The van der Waals surface area contributed by atoms with Gasteiger partial charge in [0.25, 0.3) is 15.9 Å². The highest BCUT2D eigenvalue weighted by Gasteiger charge is 2.41. The maximum atomic E-state index is 13.2. The minimum Gasteiger partial charge on any atom is -0.352 e. The second kappa shape index (κ2) is 9.93. The summed E-state index contributed by atoms with van der Waals surface area (Å²) in [4.78, 5) is 39.7. The van der Waals surface area contributed by atoms with E-state index in [4.69, 9.17) is 11.6 Å². The van der Waals surface area contributed by atoms with Gasteiger partial charge < -0.3 is 10.2 Å². The van der Waals surface area contributed by atoms with Crippen molar-refractivity contribution in [2.24, 2.45) is 0 Å². The third-order valence-electron chi connectivity index (χ3n) is 5.28. The summed E-state index contributed by atoms with van der Waals surface area (Å²) in [6.45, 7) is 5.02. The average Bonchev–Trinajstić information content (AvgIpc) is 2.95. The molecular formula is C23H26ClN3O5S. The van der Waals surface area contributed by atoms with Crippen molar-refractivity contribution < 1.29 is 22.8 Å². The topological polar surface area (TPSA) is 104 Å². The minimum atomic E-state index is -4.02. The molecule has 10 heteroatoms. The van der Waals surface area contributed by atoms with E-state index in [1.54, 1.807) is 43.3 Å². The van der Waals surface area contributed by atoms with Gasteiger partial charge in [-0.15, -0.1) is 0 Å². The van der Waals surface area contributed by atoms with Crippen LogP contribution < -0.4 is 5.32 Å². The smallest absolute Gasteiger partial charge is 0.269 e. The molecule has 0 bridgehead atoms. The molecule has 3 amide bonds. The molecule has 0 unspecified atom stereocenters. The van der Waals surface area contributed by atoms with Crippen LogP contribution in [-0.2, 0) is 26.2 Å². The molecule has 0 saturated heterocycles. The van der Waals surface area contributed by atoms with Crippen LogP contribution in [0.5, 0.6) is 0 Å². The van der Waals surface area contributed by atoms with Crippen LogP contribution in [0.2, 0.25) is 5.02 Å². The van der Waals surface area contributed by atoms with Crippen molar-refractivity contribution in [2.75, 3.05) is 6.54 Å². The first-order valence-corrected chi connectivity index (χ1v) is 12.3. The van der Waals surface area contributed by atoms with Gasteiger partial charge in [-0.25, -0.2) is 12.7 Å². The highest BCUT2D eigenvalue weighted by atomic mass is 35.5. The fraction of sp³-hybridized carbons (Fsp3) is 0.348. The van der Waals surface area contributed by atoms with Gasteiger partial charge in [-0.1, -0.05) is 35.9 Å². The fourth-order valence-corrected chi connectivity index (χ4v) is 5.40. The second-order valence-electron chi connectivity index (χ2n) is 8.12. The molecule has 176 valence electrons. The number of sulfonamides is 1. The maximum absolute atomic E-state index is 13.2. The van der Waals surface area contributed by atoms with E-state index in [0.29, 0.717) is 9.33 Å². The van der Waals surface area contributed by atoms with Crippen LogP contribution >= 0.6 is 11.6 Å². The van der Waals surface area contributed by atoms with Crippen LogP contribution in [0.1, 0.15) is 43.1 Å². The number of amides is 3. The molecule has 2 aromatic carbocycles. The largest absolute Gasteiger partial charge is 0.352 e. The highest BCUT2D eigenvalue weighted by Crippen LogP contribution is 2.30. The fourth-order valence-electron chi connectivity index (χ4n) is 3.61. The van der Waals surface area contributed by atoms with Gasteiger partial charge in [0.05, 0.1) is 5.56 Å². The number of hydrogen-bond acceptors (Lipinski definition) is 5. The summed E-state index contributed by atoms with van der Waals surface area (Å²) in [5, 5.41) is 3.28. The summed E-state index contributed by atoms with van der Waals surface area (Å²) < 4.78 is 26.3. The predicted molar refractivity (Wildman–Crippen MR) is 124 cm³/mol. The number of nitrogens with one attached hydrogen (secondary N) is 1. The van der Waals surface area contributed by atoms with Gasteiger partial charge in [0.2, 0.25) is 11.8 Å². The molecule has 0 aliphatic carbocycles. The number of nitrogens with zero attached hydrogens (tertiary/aromatic N) is 2. The first kappa shape index (κ1) is 24.7. The van der Waals surface area contributed by atoms with Gasteiger partial charge in [-0.2, -0.15) is 0 Å². The van der Waals surface area contributed by atoms with Gasteiger partial charge in [0.15, 0.2) is 0 Å². The highest BCUT2D eigenvalue weighted by molar-refractivity contribution is 7.90. The maximum Gasteiger partial charge on any atom is 0.269 e. The Morgan fingerprint density at radius 1 is 1.09 bits per heavy atom. The monoisotopic (exact) mass is 491 g/mol. The van der Waals surface area contributed by atoms with Crippen LogP contribution in [0.3, 0.4) is 0 Å². The van der Waals surface area contributed by atoms with Crippen molar-refractivity contribution in [1.82, 2.24) is 14.5 Å². The van der Waals surface area contributed by atoms with E-state index in [9.17, 15) is 22.8 Å². The molecule has 0 radical (unpaired) electrons. The lowest BCUT2D eigenvalue weighted by Crippen LogP contribution is -2.49. The Morgan fingerprint density at radius 2 is 1.79 bits per heavy atom. The van der Waals surface area contributed by atoms with Gasteiger partial charge in [0, 0.05) is 30.6 Å². The Balaban J connectivity index is 1.80. The second-order valence-corrected chi connectivity index (χ2v) is 10.4. The molecule has 1 atom stereocenters. The molecule has 1 aliphatic rings. The Bertz CT molecular complexity index is 1180. The SMILES string of the molecule is CC(C)NC(=O)[C@H](C)N(Cc1cccc(Cl)c1)C(=O)CCN1C(=O)c2ccccc2S1(=O)=O. The summed E-state index contributed by atoms with van der Waals surface area (Å²) >= 11 is 6.06. The number of benzene rings is 2. The zero-order chi connectivity index (χ0) is 24.3. The molecule has 1 heterocycles. The summed E-state index contributed by atoms with van der Waals surface area (Å²) in [6, 6.07) is 11.9. The average molecular weight is 492 g/mol. The summed E-state index contributed by atoms with van der Waals surface area (Å²) in [5.74, 6) is -1.46. The zero-order valence-corrected chi connectivity index (χ0v) is 20.2. The number of carbonyl (C=O) groups excluding carboxylic acids is 3. The molecule has 33 heavy (non-hydrogen) atoms. The summed E-state index contributed by atoms with van der Waals surface area (Å²) in [7, 11) is -4.02. The van der Waals surface area contributed by atoms with Gasteiger partial charge >= 0.3 is 0 Å². The van der Waals surface area contributed by atoms with Crippen molar-refractivity contribution in [1.29, 1.82) is 0 Å². The van der Waals surface area contributed by atoms with Gasteiger partial charge in [-0.3, -0.25) is 14.4 Å². The lowest BCUT2D eigenvalue weighted by molar-refractivity contribution is -0.140. The number of fused-ring (bicyclic) bond motifs is 1. The van der Waals surface area contributed by atoms with E-state index in [-0.39, 0.29) is 41.9 Å². The lowest BCUT2D eigenvalue weighted by atomic mass is 10.1. The van der Waals surface area contributed by atoms with Gasteiger partial charge in [-0.05, 0) is 50.6 Å². The third kappa shape index (κ3) is 5.36. The first-order valence-electron chi connectivity index (χ1n) is 10.5. The molecule has 0 saturated carbocycles. The Morgan fingerprint density at radius 3 is 2.42 bits per heavy atom. The standard InChI is InChI=1S/C23H26ClN3O5S/c1-15(2)25-22(29)16(3)26(14-17-7-6-8-18(24)13-17)21(28)11-12-27-23(30)19-9-4-5-10-20(19)33(27,31)32/h4-10,13,15-16H,11-12,14H2,1-3H3,(H,25,29)/t16-/m0/s1. The van der Waals surface area contributed by atoms with Crippen LogP contribution in [0.25, 0.3) is 0 Å². The van der Waals surface area contributed by atoms with E-state index < -0.39 is 27.9 Å².